The molecule has 26 heavy (non-hydrogen) atoms. The number of aromatic nitrogens is 1. The van der Waals surface area contributed by atoms with E-state index in [4.69, 9.17) is 0 Å². The Bertz CT molecular complexity index is 1000. The Balaban J connectivity index is 1.51. The average molecular weight is 387 g/mol. The molecule has 0 aliphatic heterocycles. The first-order valence-electron chi connectivity index (χ1n) is 9.05. The van der Waals surface area contributed by atoms with Crippen molar-refractivity contribution in [3.63, 3.8) is 0 Å². The van der Waals surface area contributed by atoms with Gasteiger partial charge in [0.15, 0.2) is 0 Å². The summed E-state index contributed by atoms with van der Waals surface area (Å²) in [7, 11) is -3.58. The maximum Gasteiger partial charge on any atom is 0.241 e. The fraction of sp³-hybridized carbons (Fsp3) is 0.350. The van der Waals surface area contributed by atoms with E-state index in [9.17, 15) is 8.42 Å². The second-order valence-corrected chi connectivity index (χ2v) is 9.48. The lowest BCUT2D eigenvalue weighted by molar-refractivity contribution is 0.437. The van der Waals surface area contributed by atoms with Gasteiger partial charge in [0.25, 0.3) is 0 Å². The van der Waals surface area contributed by atoms with Crippen LogP contribution in [0.3, 0.4) is 0 Å². The van der Waals surface area contributed by atoms with Crippen molar-refractivity contribution < 1.29 is 8.42 Å². The van der Waals surface area contributed by atoms with Crippen molar-refractivity contribution in [2.45, 2.75) is 49.5 Å². The van der Waals surface area contributed by atoms with Gasteiger partial charge in [-0.1, -0.05) is 55.7 Å². The molecule has 6 heteroatoms. The lowest BCUT2D eigenvalue weighted by Crippen LogP contribution is -2.23. The Hall–Kier alpha value is -1.76. The summed E-state index contributed by atoms with van der Waals surface area (Å²) in [6, 6.07) is 12.9. The molecule has 1 aliphatic carbocycles. The predicted molar refractivity (Wildman–Crippen MR) is 106 cm³/mol. The maximum atomic E-state index is 12.8. The van der Waals surface area contributed by atoms with Gasteiger partial charge in [0, 0.05) is 16.7 Å². The van der Waals surface area contributed by atoms with Crippen LogP contribution in [0.25, 0.3) is 10.8 Å². The summed E-state index contributed by atoms with van der Waals surface area (Å²) in [5.74, 6) is 0.545. The van der Waals surface area contributed by atoms with Crippen molar-refractivity contribution in [2.75, 3.05) is 0 Å². The van der Waals surface area contributed by atoms with Gasteiger partial charge in [-0.15, -0.1) is 11.3 Å². The number of fused-ring (bicyclic) bond motifs is 1. The summed E-state index contributed by atoms with van der Waals surface area (Å²) < 4.78 is 28.3. The molecule has 3 aromatic rings. The monoisotopic (exact) mass is 386 g/mol. The van der Waals surface area contributed by atoms with Crippen molar-refractivity contribution in [2.24, 2.45) is 0 Å². The maximum absolute atomic E-state index is 12.8. The highest BCUT2D eigenvalue weighted by Gasteiger charge is 2.20. The van der Waals surface area contributed by atoms with Crippen molar-refractivity contribution >= 4 is 32.1 Å². The van der Waals surface area contributed by atoms with Crippen LogP contribution in [0, 0.1) is 0 Å². The highest BCUT2D eigenvalue weighted by molar-refractivity contribution is 7.89. The van der Waals surface area contributed by atoms with Crippen LogP contribution < -0.4 is 4.72 Å². The summed E-state index contributed by atoms with van der Waals surface area (Å²) in [5, 5.41) is 4.58. The van der Waals surface area contributed by atoms with Gasteiger partial charge in [-0.3, -0.25) is 0 Å². The Morgan fingerprint density at radius 3 is 2.65 bits per heavy atom. The van der Waals surface area contributed by atoms with Gasteiger partial charge in [-0.2, -0.15) is 0 Å². The number of rotatable bonds is 5. The van der Waals surface area contributed by atoms with Crippen LogP contribution in [-0.4, -0.2) is 13.4 Å². The Morgan fingerprint density at radius 2 is 1.81 bits per heavy atom. The largest absolute Gasteiger partial charge is 0.245 e. The molecular formula is C20H22N2O2S2. The van der Waals surface area contributed by atoms with E-state index in [0.29, 0.717) is 10.8 Å². The highest BCUT2D eigenvalue weighted by Crippen LogP contribution is 2.33. The Kier molecular flexibility index (Phi) is 5.07. The third kappa shape index (κ3) is 3.68. The minimum absolute atomic E-state index is 0.239. The standard InChI is InChI=1S/C20H22N2O2S2/c23-26(24,19-12-6-10-15-7-4-5-11-17(15)19)21-13-20-22-18(14-25-20)16-8-2-1-3-9-16/h4-7,10-12,14,16,21H,1-3,8-9,13H2. The third-order valence-corrected chi connectivity index (χ3v) is 7.37. The molecule has 1 fully saturated rings. The Morgan fingerprint density at radius 1 is 1.04 bits per heavy atom. The van der Waals surface area contributed by atoms with E-state index < -0.39 is 10.0 Å². The lowest BCUT2D eigenvalue weighted by atomic mass is 9.87. The molecule has 0 unspecified atom stereocenters. The minimum Gasteiger partial charge on any atom is -0.245 e. The first-order chi connectivity index (χ1) is 12.6. The number of nitrogens with one attached hydrogen (secondary N) is 1. The molecule has 0 saturated heterocycles. The second kappa shape index (κ2) is 7.47. The second-order valence-electron chi connectivity index (χ2n) is 6.80. The lowest BCUT2D eigenvalue weighted by Gasteiger charge is -2.19. The molecule has 136 valence electrons. The number of hydrogen-bond donors (Lipinski definition) is 1. The molecule has 1 N–H and O–H groups in total. The topological polar surface area (TPSA) is 59.1 Å². The fourth-order valence-electron chi connectivity index (χ4n) is 3.66. The molecule has 4 nitrogen and oxygen atoms in total. The molecule has 1 aromatic heterocycles. The SMILES string of the molecule is O=S(=O)(NCc1nc(C2CCCCC2)cs1)c1cccc2ccccc12. The highest BCUT2D eigenvalue weighted by atomic mass is 32.2. The first kappa shape index (κ1) is 17.6. The molecule has 1 aliphatic rings. The predicted octanol–water partition coefficient (Wildman–Crippen LogP) is 4.82. The molecule has 2 aromatic carbocycles. The molecule has 1 heterocycles. The number of nitrogens with zero attached hydrogens (tertiary/aromatic N) is 1. The van der Waals surface area contributed by atoms with Crippen LogP contribution in [0.2, 0.25) is 0 Å². The van der Waals surface area contributed by atoms with E-state index in [1.54, 1.807) is 23.5 Å². The van der Waals surface area contributed by atoms with E-state index in [1.807, 2.05) is 30.3 Å². The summed E-state index contributed by atoms with van der Waals surface area (Å²) in [6.45, 7) is 0.239. The molecule has 0 bridgehead atoms. The van der Waals surface area contributed by atoms with Crippen molar-refractivity contribution in [1.82, 2.24) is 9.71 Å². The minimum atomic E-state index is -3.58. The molecular weight excluding hydrogens is 364 g/mol. The van der Waals surface area contributed by atoms with Crippen LogP contribution in [0.1, 0.15) is 48.7 Å². The van der Waals surface area contributed by atoms with Gasteiger partial charge >= 0.3 is 0 Å². The number of sulfonamides is 1. The quantitative estimate of drug-likeness (QED) is 0.684. The molecule has 4 rings (SSSR count). The van der Waals surface area contributed by atoms with Crippen molar-refractivity contribution in [3.05, 3.63) is 58.5 Å². The summed E-state index contributed by atoms with van der Waals surface area (Å²) >= 11 is 1.54. The molecule has 0 amide bonds. The van der Waals surface area contributed by atoms with E-state index >= 15 is 0 Å². The molecule has 0 atom stereocenters. The smallest absolute Gasteiger partial charge is 0.241 e. The first-order valence-corrected chi connectivity index (χ1v) is 11.4. The number of thiazole rings is 1. The van der Waals surface area contributed by atoms with Crippen LogP contribution in [0.4, 0.5) is 0 Å². The van der Waals surface area contributed by atoms with Gasteiger partial charge in [-0.25, -0.2) is 18.1 Å². The van der Waals surface area contributed by atoms with Crippen molar-refractivity contribution in [3.8, 4) is 0 Å². The number of benzene rings is 2. The van der Waals surface area contributed by atoms with Gasteiger partial charge in [-0.05, 0) is 24.3 Å². The van der Waals surface area contributed by atoms with Gasteiger partial charge in [0.2, 0.25) is 10.0 Å². The summed E-state index contributed by atoms with van der Waals surface area (Å²) in [4.78, 5) is 5.00. The van der Waals surface area contributed by atoms with Crippen molar-refractivity contribution in [1.29, 1.82) is 0 Å². The summed E-state index contributed by atoms with van der Waals surface area (Å²) in [5.41, 5.74) is 1.13. The normalized spacial score (nSPS) is 16.2. The van der Waals surface area contributed by atoms with E-state index in [0.717, 1.165) is 21.5 Å². The van der Waals surface area contributed by atoms with Gasteiger partial charge in [0.1, 0.15) is 5.01 Å². The van der Waals surface area contributed by atoms with E-state index in [2.05, 4.69) is 15.1 Å². The zero-order valence-electron chi connectivity index (χ0n) is 14.5. The number of hydrogen-bond acceptors (Lipinski definition) is 4. The average Bonchev–Trinajstić information content (AvgIpc) is 3.16. The van der Waals surface area contributed by atoms with Crippen LogP contribution in [0.15, 0.2) is 52.7 Å². The fourth-order valence-corrected chi connectivity index (χ4v) is 5.78. The Labute approximate surface area is 158 Å². The zero-order chi connectivity index (χ0) is 18.0. The van der Waals surface area contributed by atoms with E-state index in [1.165, 1.54) is 32.1 Å². The molecule has 1 saturated carbocycles. The van der Waals surface area contributed by atoms with E-state index in [-0.39, 0.29) is 6.54 Å². The van der Waals surface area contributed by atoms with Gasteiger partial charge in [0.05, 0.1) is 17.1 Å². The van der Waals surface area contributed by atoms with Crippen LogP contribution in [0.5, 0.6) is 0 Å². The molecule has 0 spiro atoms. The third-order valence-electron chi connectivity index (χ3n) is 5.05. The summed E-state index contributed by atoms with van der Waals surface area (Å²) in [6.07, 6.45) is 6.25. The van der Waals surface area contributed by atoms with Crippen LogP contribution >= 0.6 is 11.3 Å². The zero-order valence-corrected chi connectivity index (χ0v) is 16.2. The van der Waals surface area contributed by atoms with Gasteiger partial charge < -0.3 is 0 Å². The molecule has 0 radical (unpaired) electrons. The van der Waals surface area contributed by atoms with Crippen LogP contribution in [-0.2, 0) is 16.6 Å².